The van der Waals surface area contributed by atoms with Crippen LogP contribution in [-0.4, -0.2) is 26.0 Å². The summed E-state index contributed by atoms with van der Waals surface area (Å²) in [5, 5.41) is 0. The van der Waals surface area contributed by atoms with Crippen molar-refractivity contribution in [3.8, 4) is 0 Å². The van der Waals surface area contributed by atoms with Crippen molar-refractivity contribution in [2.75, 3.05) is 21.1 Å². The van der Waals surface area contributed by atoms with Crippen LogP contribution in [0, 0.1) is 6.92 Å². The second-order valence-corrected chi connectivity index (χ2v) is 1.34. The predicted molar refractivity (Wildman–Crippen MR) is 30.6 cm³/mol. The van der Waals surface area contributed by atoms with Crippen LogP contribution in [0.25, 0.3) is 0 Å². The molecule has 0 saturated carbocycles. The molecule has 0 spiro atoms. The van der Waals surface area contributed by atoms with E-state index in [-0.39, 0.29) is 21.7 Å². The molecular formula is C5H14NTi. The van der Waals surface area contributed by atoms with Crippen LogP contribution in [0.3, 0.4) is 0 Å². The predicted octanol–water partition coefficient (Wildman–Crippen LogP) is 1.02. The summed E-state index contributed by atoms with van der Waals surface area (Å²) in [7, 11) is 6.00. The van der Waals surface area contributed by atoms with Crippen molar-refractivity contribution in [3.05, 3.63) is 6.92 Å². The second-order valence-electron chi connectivity index (χ2n) is 1.34. The first-order valence-electron chi connectivity index (χ1n) is 2.05. The van der Waals surface area contributed by atoms with Crippen LogP contribution in [0.4, 0.5) is 0 Å². The summed E-state index contributed by atoms with van der Waals surface area (Å²) in [6, 6.07) is 0. The van der Waals surface area contributed by atoms with Gasteiger partial charge in [-0.3, -0.25) is 0 Å². The minimum Gasteiger partial charge on any atom is -0.312 e. The molecule has 0 aromatic rings. The minimum absolute atomic E-state index is 0. The maximum atomic E-state index is 3.25. The van der Waals surface area contributed by atoms with Gasteiger partial charge in [-0.05, 0) is 21.1 Å². The van der Waals surface area contributed by atoms with Crippen LogP contribution >= 0.6 is 0 Å². The zero-order valence-corrected chi connectivity index (χ0v) is 7.22. The minimum atomic E-state index is 0. The van der Waals surface area contributed by atoms with E-state index in [1.165, 1.54) is 0 Å². The molecule has 0 amide bonds. The molecule has 0 rings (SSSR count). The molecule has 0 atom stereocenters. The van der Waals surface area contributed by atoms with E-state index in [4.69, 9.17) is 0 Å². The number of hydrogen-bond acceptors (Lipinski definition) is 1. The van der Waals surface area contributed by atoms with Crippen LogP contribution in [-0.2, 0) is 21.7 Å². The fraction of sp³-hybridized carbons (Fsp3) is 0.800. The average Bonchev–Trinajstić information content (AvgIpc) is 1.41. The van der Waals surface area contributed by atoms with E-state index in [0.717, 1.165) is 0 Å². The fourth-order valence-corrected chi connectivity index (χ4v) is 0. The van der Waals surface area contributed by atoms with Crippen molar-refractivity contribution in [1.82, 2.24) is 4.90 Å². The Morgan fingerprint density at radius 2 is 1.00 bits per heavy atom. The van der Waals surface area contributed by atoms with E-state index >= 15 is 0 Å². The van der Waals surface area contributed by atoms with Gasteiger partial charge in [0.2, 0.25) is 0 Å². The van der Waals surface area contributed by atoms with Gasteiger partial charge in [-0.1, -0.05) is 13.8 Å². The molecule has 0 aliphatic carbocycles. The molecule has 0 aromatic heterocycles. The average molecular weight is 136 g/mol. The van der Waals surface area contributed by atoms with Crippen LogP contribution in [0.1, 0.15) is 6.92 Å². The smallest absolute Gasteiger partial charge is 0 e. The third-order valence-electron chi connectivity index (χ3n) is 0. The van der Waals surface area contributed by atoms with Gasteiger partial charge in [-0.25, -0.2) is 0 Å². The normalized spacial score (nSPS) is 6.00. The summed E-state index contributed by atoms with van der Waals surface area (Å²) in [6.07, 6.45) is 0. The Labute approximate surface area is 62.0 Å². The molecule has 1 radical (unpaired) electrons. The molecule has 43 valence electrons. The summed E-state index contributed by atoms with van der Waals surface area (Å²) in [5.74, 6) is 0. The van der Waals surface area contributed by atoms with Crippen molar-refractivity contribution in [2.24, 2.45) is 0 Å². The fourth-order valence-electron chi connectivity index (χ4n) is 0. The van der Waals surface area contributed by atoms with Crippen molar-refractivity contribution in [2.45, 2.75) is 6.92 Å². The topological polar surface area (TPSA) is 3.24 Å². The molecule has 0 fully saturated rings. The third-order valence-corrected chi connectivity index (χ3v) is 0. The zero-order chi connectivity index (χ0) is 5.58. The summed E-state index contributed by atoms with van der Waals surface area (Å²) in [4.78, 5) is 2.00. The largest absolute Gasteiger partial charge is 0.312 e. The van der Waals surface area contributed by atoms with Gasteiger partial charge in [0.05, 0.1) is 0 Å². The van der Waals surface area contributed by atoms with Gasteiger partial charge in [0, 0.05) is 21.7 Å². The van der Waals surface area contributed by atoms with Crippen LogP contribution in [0.15, 0.2) is 0 Å². The Bertz CT molecular complexity index is 12.8. The first-order valence-corrected chi connectivity index (χ1v) is 2.05. The van der Waals surface area contributed by atoms with Crippen molar-refractivity contribution in [1.29, 1.82) is 0 Å². The number of nitrogens with zero attached hydrogens (tertiary/aromatic N) is 1. The van der Waals surface area contributed by atoms with Gasteiger partial charge >= 0.3 is 0 Å². The zero-order valence-electron chi connectivity index (χ0n) is 5.65. The molecule has 0 bridgehead atoms. The Balaban J connectivity index is -0.0000000480. The Kier molecular flexibility index (Phi) is 35.6. The molecule has 0 unspecified atom stereocenters. The van der Waals surface area contributed by atoms with Crippen LogP contribution in [0.5, 0.6) is 0 Å². The molecule has 1 nitrogen and oxygen atoms in total. The number of hydrogen-bond donors (Lipinski definition) is 0. The third kappa shape index (κ3) is 321. The van der Waals surface area contributed by atoms with Gasteiger partial charge in [-0.15, -0.1) is 0 Å². The van der Waals surface area contributed by atoms with Gasteiger partial charge in [0.15, 0.2) is 0 Å². The van der Waals surface area contributed by atoms with E-state index in [1.807, 2.05) is 26.0 Å². The quantitative estimate of drug-likeness (QED) is 0.449. The molecule has 7 heavy (non-hydrogen) atoms. The first-order chi connectivity index (χ1) is 2.73. The molecule has 2 heteroatoms. The molecule has 0 aromatic carbocycles. The van der Waals surface area contributed by atoms with Crippen molar-refractivity contribution >= 4 is 0 Å². The van der Waals surface area contributed by atoms with Gasteiger partial charge in [0.25, 0.3) is 0 Å². The summed E-state index contributed by atoms with van der Waals surface area (Å²) < 4.78 is 0. The maximum absolute atomic E-state index is 3.25. The first kappa shape index (κ1) is 15.6. The summed E-state index contributed by atoms with van der Waals surface area (Å²) >= 11 is 0. The van der Waals surface area contributed by atoms with Crippen LogP contribution < -0.4 is 0 Å². The van der Waals surface area contributed by atoms with Gasteiger partial charge < -0.3 is 4.90 Å². The second kappa shape index (κ2) is 15.9. The Morgan fingerprint density at radius 1 is 1.00 bits per heavy atom. The molecule has 0 aliphatic rings. The van der Waals surface area contributed by atoms with Gasteiger partial charge in [0.1, 0.15) is 0 Å². The Morgan fingerprint density at radius 3 is 1.00 bits per heavy atom. The Hall–Kier alpha value is 0.674. The molecule has 0 saturated heterocycles. The molecule has 0 heterocycles. The maximum Gasteiger partial charge on any atom is 0 e. The summed E-state index contributed by atoms with van der Waals surface area (Å²) in [5.41, 5.74) is 0. The van der Waals surface area contributed by atoms with Crippen LogP contribution in [0.2, 0.25) is 0 Å². The number of rotatable bonds is 0. The molecule has 0 N–H and O–H groups in total. The molecule has 0 aliphatic heterocycles. The monoisotopic (exact) mass is 136 g/mol. The van der Waals surface area contributed by atoms with E-state index in [2.05, 4.69) is 6.92 Å². The molecular weight excluding hydrogens is 122 g/mol. The standard InChI is InChI=1S/C3H9N.C2H5.Ti/c1-4(2)3;1-2;/h1-3H3;1H2,2H3;. The van der Waals surface area contributed by atoms with Gasteiger partial charge in [-0.2, -0.15) is 0 Å². The van der Waals surface area contributed by atoms with Crippen molar-refractivity contribution < 1.29 is 21.7 Å². The van der Waals surface area contributed by atoms with E-state index < -0.39 is 0 Å². The van der Waals surface area contributed by atoms with E-state index in [9.17, 15) is 0 Å². The van der Waals surface area contributed by atoms with E-state index in [1.54, 1.807) is 6.92 Å². The summed E-state index contributed by atoms with van der Waals surface area (Å²) in [6.45, 7) is 5.00. The van der Waals surface area contributed by atoms with E-state index in [0.29, 0.717) is 0 Å². The SMILES string of the molecule is CN(C)C.[CH2]C.[Ti]. The van der Waals surface area contributed by atoms with Crippen molar-refractivity contribution in [3.63, 3.8) is 0 Å².